The second-order valence-electron chi connectivity index (χ2n) is 7.05. The zero-order valence-corrected chi connectivity index (χ0v) is 16.6. The van der Waals surface area contributed by atoms with Gasteiger partial charge in [-0.05, 0) is 30.0 Å². The van der Waals surface area contributed by atoms with Gasteiger partial charge in [-0.1, -0.05) is 18.2 Å². The van der Waals surface area contributed by atoms with Crippen molar-refractivity contribution in [3.63, 3.8) is 0 Å². The summed E-state index contributed by atoms with van der Waals surface area (Å²) in [4.78, 5) is 30.4. The van der Waals surface area contributed by atoms with Crippen molar-refractivity contribution in [1.29, 1.82) is 0 Å². The van der Waals surface area contributed by atoms with Crippen molar-refractivity contribution in [3.8, 4) is 0 Å². The van der Waals surface area contributed by atoms with Gasteiger partial charge in [0.25, 0.3) is 0 Å². The third kappa shape index (κ3) is 4.31. The summed E-state index contributed by atoms with van der Waals surface area (Å²) in [5.74, 6) is 0.155. The Morgan fingerprint density at radius 3 is 2.64 bits per heavy atom. The fourth-order valence-electron chi connectivity index (χ4n) is 3.64. The van der Waals surface area contributed by atoms with E-state index in [9.17, 15) is 9.59 Å². The molecule has 1 aliphatic heterocycles. The second-order valence-corrected chi connectivity index (χ2v) is 8.08. The molecule has 1 aromatic carbocycles. The molecule has 28 heavy (non-hydrogen) atoms. The number of aryl methyl sites for hydroxylation is 1. The van der Waals surface area contributed by atoms with E-state index in [0.717, 1.165) is 44.7 Å². The van der Waals surface area contributed by atoms with E-state index in [-0.39, 0.29) is 11.3 Å². The first-order valence-corrected chi connectivity index (χ1v) is 10.6. The number of rotatable bonds is 6. The molecule has 1 saturated heterocycles. The zero-order chi connectivity index (χ0) is 19.3. The Labute approximate surface area is 168 Å². The van der Waals surface area contributed by atoms with Crippen molar-refractivity contribution in [2.75, 3.05) is 32.7 Å². The number of aromatic nitrogens is 2. The first-order chi connectivity index (χ1) is 13.7. The number of carbonyl (C=O) groups is 1. The van der Waals surface area contributed by atoms with E-state index in [1.54, 1.807) is 22.1 Å². The summed E-state index contributed by atoms with van der Waals surface area (Å²) in [5.41, 5.74) is 0.693. The molecule has 2 aromatic heterocycles. The standard InChI is InChI=1S/C21H24N4O2S/c26-20-16-22-25(19-6-2-1-5-18(19)20)10-8-21(27)24-13-11-23(12-14-24)9-7-17-4-3-15-28-17/h1-6,15-16H,7-14H2. The predicted molar refractivity (Wildman–Crippen MR) is 112 cm³/mol. The molecule has 7 heteroatoms. The quantitative estimate of drug-likeness (QED) is 0.641. The average Bonchev–Trinajstić information content (AvgIpc) is 3.26. The molecule has 146 valence electrons. The maximum atomic E-state index is 12.6. The molecule has 0 aliphatic carbocycles. The molecule has 3 aromatic rings. The van der Waals surface area contributed by atoms with Crippen molar-refractivity contribution < 1.29 is 4.79 Å². The third-order valence-electron chi connectivity index (χ3n) is 5.28. The van der Waals surface area contributed by atoms with Gasteiger partial charge >= 0.3 is 0 Å². The maximum absolute atomic E-state index is 12.6. The van der Waals surface area contributed by atoms with Crippen LogP contribution in [0.25, 0.3) is 10.9 Å². The minimum Gasteiger partial charge on any atom is -0.340 e. The summed E-state index contributed by atoms with van der Waals surface area (Å²) < 4.78 is 1.76. The molecule has 1 fully saturated rings. The molecule has 0 N–H and O–H groups in total. The van der Waals surface area contributed by atoms with Crippen molar-refractivity contribution in [2.24, 2.45) is 0 Å². The third-order valence-corrected chi connectivity index (χ3v) is 6.22. The normalized spacial score (nSPS) is 15.2. The lowest BCUT2D eigenvalue weighted by atomic mass is 10.2. The van der Waals surface area contributed by atoms with Crippen molar-refractivity contribution in [2.45, 2.75) is 19.4 Å². The van der Waals surface area contributed by atoms with Crippen LogP contribution in [0.3, 0.4) is 0 Å². The fraction of sp³-hybridized carbons (Fsp3) is 0.381. The summed E-state index contributed by atoms with van der Waals surface area (Å²) in [6, 6.07) is 11.7. The summed E-state index contributed by atoms with van der Waals surface area (Å²) in [7, 11) is 0. The minimum absolute atomic E-state index is 0.0863. The topological polar surface area (TPSA) is 58.4 Å². The van der Waals surface area contributed by atoms with E-state index in [1.165, 1.54) is 11.1 Å². The van der Waals surface area contributed by atoms with Crippen LogP contribution in [0.15, 0.2) is 52.8 Å². The van der Waals surface area contributed by atoms with Crippen LogP contribution in [-0.2, 0) is 17.8 Å². The highest BCUT2D eigenvalue weighted by Crippen LogP contribution is 2.12. The van der Waals surface area contributed by atoms with Gasteiger partial charge in [0.05, 0.1) is 18.3 Å². The molecular weight excluding hydrogens is 372 g/mol. The summed E-state index contributed by atoms with van der Waals surface area (Å²) in [5, 5.41) is 6.97. The number of amides is 1. The van der Waals surface area contributed by atoms with E-state index in [1.807, 2.05) is 23.1 Å². The van der Waals surface area contributed by atoms with E-state index in [2.05, 4.69) is 27.5 Å². The average molecular weight is 397 g/mol. The van der Waals surface area contributed by atoms with Crippen LogP contribution < -0.4 is 5.43 Å². The van der Waals surface area contributed by atoms with Gasteiger partial charge in [-0.25, -0.2) is 0 Å². The van der Waals surface area contributed by atoms with Gasteiger partial charge in [-0.2, -0.15) is 5.10 Å². The Morgan fingerprint density at radius 1 is 1.04 bits per heavy atom. The molecule has 0 atom stereocenters. The Balaban J connectivity index is 1.28. The molecular formula is C21H24N4O2S. The smallest absolute Gasteiger partial charge is 0.224 e. The van der Waals surface area contributed by atoms with Crippen molar-refractivity contribution in [1.82, 2.24) is 19.6 Å². The molecule has 0 radical (unpaired) electrons. The second kappa shape index (κ2) is 8.67. The lowest BCUT2D eigenvalue weighted by Gasteiger charge is -2.34. The Hall–Kier alpha value is -2.51. The Morgan fingerprint density at radius 2 is 1.86 bits per heavy atom. The van der Waals surface area contributed by atoms with E-state index >= 15 is 0 Å². The number of piperazine rings is 1. The van der Waals surface area contributed by atoms with Crippen LogP contribution in [0, 0.1) is 0 Å². The van der Waals surface area contributed by atoms with Gasteiger partial charge in [0.15, 0.2) is 0 Å². The van der Waals surface area contributed by atoms with E-state index in [4.69, 9.17) is 0 Å². The highest BCUT2D eigenvalue weighted by molar-refractivity contribution is 7.09. The largest absolute Gasteiger partial charge is 0.340 e. The monoisotopic (exact) mass is 396 g/mol. The van der Waals surface area contributed by atoms with Crippen LogP contribution in [0.5, 0.6) is 0 Å². The van der Waals surface area contributed by atoms with Crippen molar-refractivity contribution in [3.05, 3.63) is 63.1 Å². The lowest BCUT2D eigenvalue weighted by molar-refractivity contribution is -0.133. The maximum Gasteiger partial charge on any atom is 0.224 e. The Bertz CT molecular complexity index is 991. The number of benzene rings is 1. The molecule has 0 spiro atoms. The molecule has 0 bridgehead atoms. The van der Waals surface area contributed by atoms with Crippen molar-refractivity contribution >= 4 is 28.1 Å². The van der Waals surface area contributed by atoms with Gasteiger partial charge in [-0.3, -0.25) is 19.2 Å². The highest BCUT2D eigenvalue weighted by atomic mass is 32.1. The van der Waals surface area contributed by atoms with Gasteiger partial charge in [-0.15, -0.1) is 11.3 Å². The summed E-state index contributed by atoms with van der Waals surface area (Å²) >= 11 is 1.80. The number of nitrogens with zero attached hydrogens (tertiary/aromatic N) is 4. The summed E-state index contributed by atoms with van der Waals surface area (Å²) in [6.45, 7) is 4.95. The first-order valence-electron chi connectivity index (χ1n) is 9.68. The number of thiophene rings is 1. The van der Waals surface area contributed by atoms with Gasteiger partial charge in [0.1, 0.15) is 0 Å². The molecule has 0 saturated carbocycles. The summed E-state index contributed by atoms with van der Waals surface area (Å²) in [6.07, 6.45) is 2.81. The molecule has 4 rings (SSSR count). The van der Waals surface area contributed by atoms with Gasteiger partial charge < -0.3 is 4.90 Å². The van der Waals surface area contributed by atoms with Gasteiger partial charge in [0, 0.05) is 49.4 Å². The molecule has 6 nitrogen and oxygen atoms in total. The van der Waals surface area contributed by atoms with Crippen LogP contribution in [0.4, 0.5) is 0 Å². The zero-order valence-electron chi connectivity index (χ0n) is 15.8. The fourth-order valence-corrected chi connectivity index (χ4v) is 4.34. The molecule has 3 heterocycles. The van der Waals surface area contributed by atoms with Crippen LogP contribution in [-0.4, -0.2) is 58.2 Å². The number of hydrogen-bond donors (Lipinski definition) is 0. The van der Waals surface area contributed by atoms with Gasteiger partial charge in [0.2, 0.25) is 11.3 Å². The SMILES string of the molecule is O=C(CCn1ncc(=O)c2ccccc21)N1CCN(CCc2cccs2)CC1. The number of hydrogen-bond acceptors (Lipinski definition) is 5. The van der Waals surface area contributed by atoms with Crippen LogP contribution in [0.1, 0.15) is 11.3 Å². The van der Waals surface area contributed by atoms with Crippen LogP contribution in [0.2, 0.25) is 0 Å². The number of fused-ring (bicyclic) bond motifs is 1. The molecule has 1 aliphatic rings. The number of para-hydroxylation sites is 1. The molecule has 1 amide bonds. The van der Waals surface area contributed by atoms with E-state index < -0.39 is 0 Å². The minimum atomic E-state index is -0.0863. The predicted octanol–water partition coefficient (Wildman–Crippen LogP) is 2.23. The molecule has 0 unspecified atom stereocenters. The number of carbonyl (C=O) groups excluding carboxylic acids is 1. The van der Waals surface area contributed by atoms with Crippen LogP contribution >= 0.6 is 11.3 Å². The van der Waals surface area contributed by atoms with E-state index in [0.29, 0.717) is 18.4 Å². The lowest BCUT2D eigenvalue weighted by Crippen LogP contribution is -2.49. The Kier molecular flexibility index (Phi) is 5.83. The highest BCUT2D eigenvalue weighted by Gasteiger charge is 2.21. The first kappa shape index (κ1) is 18.8.